The smallest absolute Gasteiger partial charge is 0.289 e. The predicted octanol–water partition coefficient (Wildman–Crippen LogP) is 5.25. The van der Waals surface area contributed by atoms with Crippen molar-refractivity contribution in [3.8, 4) is 5.75 Å². The predicted molar refractivity (Wildman–Crippen MR) is 136 cm³/mol. The standard InChI is InChI=1S/C27H34N2O5S/c1-5-33-23-13-9-8-12-21(23)17-28-35(31,32)26-19(3)18(2)16-22-20(4)24(34-25(22)26)27(30)29-14-10-6-7-11-15-29/h8-9,12-13,16,28H,5-7,10-11,14-15,17H2,1-4H3. The molecule has 0 saturated carbocycles. The zero-order chi connectivity index (χ0) is 25.2. The van der Waals surface area contributed by atoms with Crippen molar-refractivity contribution >= 4 is 26.9 Å². The van der Waals surface area contributed by atoms with Crippen LogP contribution in [-0.4, -0.2) is 38.9 Å². The Hall–Kier alpha value is -2.84. The molecule has 1 amide bonds. The molecule has 0 bridgehead atoms. The average Bonchev–Trinajstić information content (AvgIpc) is 3.00. The molecular formula is C27H34N2O5S. The van der Waals surface area contributed by atoms with Crippen molar-refractivity contribution in [3.05, 3.63) is 58.3 Å². The Balaban J connectivity index is 1.73. The van der Waals surface area contributed by atoms with Crippen molar-refractivity contribution in [2.24, 2.45) is 0 Å². The normalized spacial score (nSPS) is 14.8. The van der Waals surface area contributed by atoms with Crippen LogP contribution >= 0.6 is 0 Å². The fraction of sp³-hybridized carbons (Fsp3) is 0.444. The van der Waals surface area contributed by atoms with Crippen LogP contribution in [0.15, 0.2) is 39.6 Å². The van der Waals surface area contributed by atoms with E-state index in [9.17, 15) is 13.2 Å². The summed E-state index contributed by atoms with van der Waals surface area (Å²) in [5.41, 5.74) is 3.08. The van der Waals surface area contributed by atoms with Gasteiger partial charge in [-0.25, -0.2) is 13.1 Å². The second-order valence-electron chi connectivity index (χ2n) is 9.15. The Morgan fingerprint density at radius 1 is 1.06 bits per heavy atom. The molecule has 0 aliphatic carbocycles. The van der Waals surface area contributed by atoms with Crippen molar-refractivity contribution in [2.75, 3.05) is 19.7 Å². The number of rotatable bonds is 7. The summed E-state index contributed by atoms with van der Waals surface area (Å²) in [5, 5.41) is 0.654. The Morgan fingerprint density at radius 3 is 2.43 bits per heavy atom. The maximum Gasteiger partial charge on any atom is 0.289 e. The summed E-state index contributed by atoms with van der Waals surface area (Å²) >= 11 is 0. The number of likely N-dealkylation sites (tertiary alicyclic amines) is 1. The fourth-order valence-electron chi connectivity index (χ4n) is 4.68. The number of fused-ring (bicyclic) bond motifs is 1. The highest BCUT2D eigenvalue weighted by molar-refractivity contribution is 7.89. The molecule has 0 radical (unpaired) electrons. The van der Waals surface area contributed by atoms with Gasteiger partial charge in [0.05, 0.1) is 6.61 Å². The van der Waals surface area contributed by atoms with Crippen LogP contribution in [0.25, 0.3) is 11.0 Å². The van der Waals surface area contributed by atoms with Gasteiger partial charge in [-0.05, 0) is 63.8 Å². The third kappa shape index (κ3) is 5.09. The topological polar surface area (TPSA) is 88.8 Å². The number of furan rings is 1. The van der Waals surface area contributed by atoms with E-state index in [-0.39, 0.29) is 28.7 Å². The Labute approximate surface area is 207 Å². The number of para-hydroxylation sites is 1. The summed E-state index contributed by atoms with van der Waals surface area (Å²) in [6.45, 7) is 9.31. The molecule has 1 aliphatic heterocycles. The molecule has 8 heteroatoms. The van der Waals surface area contributed by atoms with Crippen LogP contribution in [0.1, 0.15) is 65.4 Å². The van der Waals surface area contributed by atoms with E-state index in [1.54, 1.807) is 6.92 Å². The molecule has 1 saturated heterocycles. The third-order valence-corrected chi connectivity index (χ3v) is 8.33. The van der Waals surface area contributed by atoms with Crippen LogP contribution in [0.5, 0.6) is 5.75 Å². The number of ether oxygens (including phenoxy) is 1. The van der Waals surface area contributed by atoms with Gasteiger partial charge in [-0.15, -0.1) is 0 Å². The second kappa shape index (κ2) is 10.4. The van der Waals surface area contributed by atoms with E-state index in [4.69, 9.17) is 9.15 Å². The number of carbonyl (C=O) groups excluding carboxylic acids is 1. The first-order valence-corrected chi connectivity index (χ1v) is 13.8. The minimum Gasteiger partial charge on any atom is -0.494 e. The number of carbonyl (C=O) groups is 1. The van der Waals surface area contributed by atoms with E-state index in [0.717, 1.165) is 36.8 Å². The number of nitrogens with one attached hydrogen (secondary N) is 1. The highest BCUT2D eigenvalue weighted by atomic mass is 32.2. The Kier molecular flexibility index (Phi) is 7.52. The van der Waals surface area contributed by atoms with Gasteiger partial charge >= 0.3 is 0 Å². The zero-order valence-electron chi connectivity index (χ0n) is 20.9. The Morgan fingerprint density at radius 2 is 1.74 bits per heavy atom. The molecule has 7 nitrogen and oxygen atoms in total. The third-order valence-electron chi connectivity index (χ3n) is 6.77. The van der Waals surface area contributed by atoms with Gasteiger partial charge in [0.15, 0.2) is 11.3 Å². The van der Waals surface area contributed by atoms with Crippen LogP contribution in [0.2, 0.25) is 0 Å². The van der Waals surface area contributed by atoms with Gasteiger partial charge < -0.3 is 14.1 Å². The second-order valence-corrected chi connectivity index (χ2v) is 10.9. The van der Waals surface area contributed by atoms with E-state index in [1.165, 1.54) is 0 Å². The summed E-state index contributed by atoms with van der Waals surface area (Å²) in [7, 11) is -3.95. The van der Waals surface area contributed by atoms with Crippen molar-refractivity contribution in [1.82, 2.24) is 9.62 Å². The largest absolute Gasteiger partial charge is 0.494 e. The van der Waals surface area contributed by atoms with Crippen LogP contribution in [0.3, 0.4) is 0 Å². The molecule has 2 aromatic carbocycles. The summed E-state index contributed by atoms with van der Waals surface area (Å²) in [5.74, 6) is 0.700. The highest BCUT2D eigenvalue weighted by Crippen LogP contribution is 2.35. The number of amides is 1. The van der Waals surface area contributed by atoms with Gasteiger partial charge in [0.2, 0.25) is 10.0 Å². The lowest BCUT2D eigenvalue weighted by Crippen LogP contribution is -2.31. The molecule has 35 heavy (non-hydrogen) atoms. The number of aryl methyl sites for hydroxylation is 2. The van der Waals surface area contributed by atoms with Crippen molar-refractivity contribution in [2.45, 2.75) is 64.8 Å². The summed E-state index contributed by atoms with van der Waals surface area (Å²) in [6, 6.07) is 9.26. The van der Waals surface area contributed by atoms with E-state index in [2.05, 4.69) is 4.72 Å². The van der Waals surface area contributed by atoms with Crippen LogP contribution in [-0.2, 0) is 16.6 Å². The number of benzene rings is 2. The van der Waals surface area contributed by atoms with Crippen LogP contribution < -0.4 is 9.46 Å². The zero-order valence-corrected chi connectivity index (χ0v) is 21.8. The number of hydrogen-bond donors (Lipinski definition) is 1. The van der Waals surface area contributed by atoms with Gasteiger partial charge in [-0.2, -0.15) is 0 Å². The molecule has 4 rings (SSSR count). The van der Waals surface area contributed by atoms with E-state index in [1.807, 2.05) is 56.0 Å². The van der Waals surface area contributed by atoms with E-state index < -0.39 is 10.0 Å². The monoisotopic (exact) mass is 498 g/mol. The summed E-state index contributed by atoms with van der Waals surface area (Å²) < 4.78 is 41.6. The lowest BCUT2D eigenvalue weighted by Gasteiger charge is -2.19. The molecule has 3 aromatic rings. The minimum absolute atomic E-state index is 0.0760. The molecule has 0 unspecified atom stereocenters. The minimum atomic E-state index is -3.95. The molecular weight excluding hydrogens is 464 g/mol. The van der Waals surface area contributed by atoms with Gasteiger partial charge in [0.1, 0.15) is 10.6 Å². The maximum atomic E-state index is 13.6. The van der Waals surface area contributed by atoms with Crippen molar-refractivity contribution < 1.29 is 22.4 Å². The summed E-state index contributed by atoms with van der Waals surface area (Å²) in [6.07, 6.45) is 4.16. The van der Waals surface area contributed by atoms with E-state index >= 15 is 0 Å². The molecule has 188 valence electrons. The first-order valence-electron chi connectivity index (χ1n) is 12.3. The van der Waals surface area contributed by atoms with Gasteiger partial charge in [-0.3, -0.25) is 4.79 Å². The number of hydrogen-bond acceptors (Lipinski definition) is 5. The molecule has 1 aromatic heterocycles. The lowest BCUT2D eigenvalue weighted by molar-refractivity contribution is 0.0731. The first-order chi connectivity index (χ1) is 16.7. The van der Waals surface area contributed by atoms with Crippen molar-refractivity contribution in [1.29, 1.82) is 0 Å². The molecule has 1 N–H and O–H groups in total. The summed E-state index contributed by atoms with van der Waals surface area (Å²) in [4.78, 5) is 15.2. The SMILES string of the molecule is CCOc1ccccc1CNS(=O)(=O)c1c(C)c(C)cc2c(C)c(C(=O)N3CCCCCC3)oc12. The quantitative estimate of drug-likeness (QED) is 0.481. The molecule has 0 spiro atoms. The van der Waals surface area contributed by atoms with Gasteiger partial charge in [-0.1, -0.05) is 31.0 Å². The van der Waals surface area contributed by atoms with Crippen LogP contribution in [0, 0.1) is 20.8 Å². The number of nitrogens with zero attached hydrogens (tertiary/aromatic N) is 1. The Bertz CT molecular complexity index is 1340. The molecule has 1 aliphatic rings. The molecule has 0 atom stereocenters. The maximum absolute atomic E-state index is 13.6. The van der Waals surface area contributed by atoms with Gasteiger partial charge in [0, 0.05) is 36.1 Å². The first kappa shape index (κ1) is 25.3. The highest BCUT2D eigenvalue weighted by Gasteiger charge is 2.30. The fourth-order valence-corrected chi connectivity index (χ4v) is 6.13. The lowest BCUT2D eigenvalue weighted by atomic mass is 10.0. The number of sulfonamides is 1. The average molecular weight is 499 g/mol. The van der Waals surface area contributed by atoms with E-state index in [0.29, 0.717) is 42.0 Å². The molecule has 1 fully saturated rings. The van der Waals surface area contributed by atoms with Gasteiger partial charge in [0.25, 0.3) is 5.91 Å². The molecule has 2 heterocycles. The van der Waals surface area contributed by atoms with Crippen LogP contribution in [0.4, 0.5) is 0 Å². The van der Waals surface area contributed by atoms with Crippen molar-refractivity contribution in [3.63, 3.8) is 0 Å².